The largest absolute Gasteiger partial charge is 0.490 e. The van der Waals surface area contributed by atoms with Gasteiger partial charge in [0.15, 0.2) is 5.66 Å². The third kappa shape index (κ3) is 5.24. The maximum Gasteiger partial charge on any atom is 0.409 e. The number of methoxy groups -OCH3 is 1. The number of dihydropyridines is 1. The van der Waals surface area contributed by atoms with Gasteiger partial charge in [0.2, 0.25) is 0 Å². The monoisotopic (exact) mass is 428 g/mol. The number of nitrogens with two attached hydrogens (primary N) is 1. The molecule has 0 saturated heterocycles. The molecule has 1 aromatic heterocycles. The van der Waals surface area contributed by atoms with E-state index in [9.17, 15) is 18.0 Å². The lowest BCUT2D eigenvalue weighted by molar-refractivity contribution is -0.201. The van der Waals surface area contributed by atoms with Crippen LogP contribution in [0.15, 0.2) is 48.1 Å². The zero-order valence-electron chi connectivity index (χ0n) is 17.3. The Bertz CT molecular complexity index is 811. The molecular weight excluding hydrogens is 401 g/mol. The van der Waals surface area contributed by atoms with Crippen LogP contribution in [0.1, 0.15) is 32.8 Å². The SMILES string of the molecule is COC(=O)NC1(c2ccncc2)C=CC(OCC(N)(CC(C)C)C(F)(F)F)=C(C)N1. The van der Waals surface area contributed by atoms with Gasteiger partial charge in [-0.2, -0.15) is 13.2 Å². The predicted octanol–water partition coefficient (Wildman–Crippen LogP) is 3.30. The van der Waals surface area contributed by atoms with Crippen molar-refractivity contribution >= 4 is 6.09 Å². The summed E-state index contributed by atoms with van der Waals surface area (Å²) in [6.45, 7) is 4.23. The molecule has 2 unspecified atom stereocenters. The molecule has 166 valence electrons. The van der Waals surface area contributed by atoms with Gasteiger partial charge in [0.05, 0.1) is 12.8 Å². The van der Waals surface area contributed by atoms with Gasteiger partial charge in [0.1, 0.15) is 17.9 Å². The topological polar surface area (TPSA) is 98.5 Å². The van der Waals surface area contributed by atoms with E-state index in [0.717, 1.165) is 0 Å². The van der Waals surface area contributed by atoms with Crippen molar-refractivity contribution in [1.82, 2.24) is 15.6 Å². The minimum Gasteiger partial charge on any atom is -0.490 e. The van der Waals surface area contributed by atoms with Gasteiger partial charge in [-0.1, -0.05) is 13.8 Å². The van der Waals surface area contributed by atoms with E-state index in [-0.39, 0.29) is 18.1 Å². The second-order valence-corrected chi connectivity index (χ2v) is 7.65. The van der Waals surface area contributed by atoms with E-state index in [0.29, 0.717) is 11.3 Å². The summed E-state index contributed by atoms with van der Waals surface area (Å²) < 4.78 is 50.7. The van der Waals surface area contributed by atoms with Crippen LogP contribution in [0, 0.1) is 5.92 Å². The first-order chi connectivity index (χ1) is 13.9. The summed E-state index contributed by atoms with van der Waals surface area (Å²) in [5.41, 5.74) is 3.06. The van der Waals surface area contributed by atoms with Crippen LogP contribution in [0.3, 0.4) is 0 Å². The van der Waals surface area contributed by atoms with E-state index < -0.39 is 30.1 Å². The molecule has 2 atom stereocenters. The van der Waals surface area contributed by atoms with Crippen molar-refractivity contribution in [3.63, 3.8) is 0 Å². The number of amides is 1. The van der Waals surface area contributed by atoms with E-state index in [1.807, 2.05) is 0 Å². The first kappa shape index (κ1) is 23.5. The zero-order chi connectivity index (χ0) is 22.6. The van der Waals surface area contributed by atoms with Crippen LogP contribution in [0.5, 0.6) is 0 Å². The molecule has 0 spiro atoms. The lowest BCUT2D eigenvalue weighted by atomic mass is 9.90. The molecule has 10 heteroatoms. The highest BCUT2D eigenvalue weighted by molar-refractivity contribution is 5.69. The lowest BCUT2D eigenvalue weighted by Crippen LogP contribution is -2.58. The average Bonchev–Trinajstić information content (AvgIpc) is 2.66. The molecule has 1 aliphatic heterocycles. The third-order valence-electron chi connectivity index (χ3n) is 4.68. The number of nitrogens with zero attached hydrogens (tertiary/aromatic N) is 1. The molecule has 1 aromatic rings. The van der Waals surface area contributed by atoms with Gasteiger partial charge in [-0.3, -0.25) is 10.3 Å². The highest BCUT2D eigenvalue weighted by atomic mass is 19.4. The number of hydrogen-bond donors (Lipinski definition) is 3. The second kappa shape index (κ2) is 8.95. The van der Waals surface area contributed by atoms with Crippen molar-refractivity contribution in [3.8, 4) is 0 Å². The summed E-state index contributed by atoms with van der Waals surface area (Å²) in [7, 11) is 1.23. The summed E-state index contributed by atoms with van der Waals surface area (Å²) in [6.07, 6.45) is 0.569. The zero-order valence-corrected chi connectivity index (χ0v) is 17.3. The molecule has 0 aromatic carbocycles. The Morgan fingerprint density at radius 3 is 2.47 bits per heavy atom. The van der Waals surface area contributed by atoms with Gasteiger partial charge in [-0.05, 0) is 43.5 Å². The van der Waals surface area contributed by atoms with E-state index in [4.69, 9.17) is 15.2 Å². The highest BCUT2D eigenvalue weighted by Crippen LogP contribution is 2.35. The average molecular weight is 428 g/mol. The minimum atomic E-state index is -4.62. The van der Waals surface area contributed by atoms with Gasteiger partial charge in [-0.25, -0.2) is 4.79 Å². The molecule has 30 heavy (non-hydrogen) atoms. The Hall–Kier alpha value is -2.75. The predicted molar refractivity (Wildman–Crippen MR) is 105 cm³/mol. The lowest BCUT2D eigenvalue weighted by Gasteiger charge is -2.38. The number of carbonyl (C=O) groups is 1. The molecule has 1 aliphatic rings. The van der Waals surface area contributed by atoms with Gasteiger partial charge < -0.3 is 20.5 Å². The van der Waals surface area contributed by atoms with Crippen LogP contribution >= 0.6 is 0 Å². The van der Waals surface area contributed by atoms with Crippen LogP contribution in [-0.2, 0) is 15.1 Å². The van der Waals surface area contributed by atoms with E-state index >= 15 is 0 Å². The van der Waals surface area contributed by atoms with Crippen molar-refractivity contribution in [3.05, 3.63) is 53.7 Å². The number of pyridine rings is 1. The number of alkyl carbamates (subject to hydrolysis) is 1. The van der Waals surface area contributed by atoms with E-state index in [1.165, 1.54) is 13.2 Å². The molecule has 0 aliphatic carbocycles. The van der Waals surface area contributed by atoms with Gasteiger partial charge >= 0.3 is 12.3 Å². The summed E-state index contributed by atoms with van der Waals surface area (Å²) in [6, 6.07) is 3.37. The molecule has 0 fully saturated rings. The highest BCUT2D eigenvalue weighted by Gasteiger charge is 2.53. The summed E-state index contributed by atoms with van der Waals surface area (Å²) >= 11 is 0. The van der Waals surface area contributed by atoms with E-state index in [1.54, 1.807) is 51.4 Å². The fraction of sp³-hybridized carbons (Fsp3) is 0.500. The Morgan fingerprint density at radius 2 is 1.97 bits per heavy atom. The molecule has 2 rings (SSSR count). The molecule has 0 saturated carbocycles. The summed E-state index contributed by atoms with van der Waals surface area (Å²) in [4.78, 5) is 15.9. The Balaban J connectivity index is 2.26. The molecule has 1 amide bonds. The molecule has 2 heterocycles. The Morgan fingerprint density at radius 1 is 1.33 bits per heavy atom. The fourth-order valence-corrected chi connectivity index (χ4v) is 3.21. The van der Waals surface area contributed by atoms with Crippen LogP contribution in [0.25, 0.3) is 0 Å². The number of halogens is 3. The number of aromatic nitrogens is 1. The maximum absolute atomic E-state index is 13.5. The standard InChI is InChI=1S/C20H27F3N4O3/c1-13(2)11-18(24,20(21,22)23)12-30-16-5-8-19(26-14(16)3,27-17(28)29-4)15-6-9-25-10-7-15/h5-10,13,26H,11-12,24H2,1-4H3,(H,27,28). The van der Waals surface area contributed by atoms with Crippen LogP contribution < -0.4 is 16.4 Å². The second-order valence-electron chi connectivity index (χ2n) is 7.65. The first-order valence-corrected chi connectivity index (χ1v) is 9.36. The number of ether oxygens (including phenoxy) is 2. The smallest absolute Gasteiger partial charge is 0.409 e. The van der Waals surface area contributed by atoms with Crippen LogP contribution in [0.2, 0.25) is 0 Å². The Labute approximate surface area is 173 Å². The molecular formula is C20H27F3N4O3. The molecule has 0 radical (unpaired) electrons. The maximum atomic E-state index is 13.5. The van der Waals surface area contributed by atoms with Crippen LogP contribution in [0.4, 0.5) is 18.0 Å². The number of nitrogens with one attached hydrogen (secondary N) is 2. The number of allylic oxidation sites excluding steroid dienone is 2. The number of alkyl halides is 3. The van der Waals surface area contributed by atoms with Crippen molar-refractivity contribution in [1.29, 1.82) is 0 Å². The molecule has 4 N–H and O–H groups in total. The normalized spacial score (nSPS) is 21.1. The first-order valence-electron chi connectivity index (χ1n) is 9.36. The Kier molecular flexibility index (Phi) is 7.02. The minimum absolute atomic E-state index is 0.189. The fourth-order valence-electron chi connectivity index (χ4n) is 3.21. The van der Waals surface area contributed by atoms with Gasteiger partial charge in [0, 0.05) is 18.0 Å². The number of rotatable bonds is 7. The van der Waals surface area contributed by atoms with Gasteiger partial charge in [0.25, 0.3) is 0 Å². The number of hydrogen-bond acceptors (Lipinski definition) is 6. The van der Waals surface area contributed by atoms with Crippen molar-refractivity contribution < 1.29 is 27.4 Å². The third-order valence-corrected chi connectivity index (χ3v) is 4.68. The van der Waals surface area contributed by atoms with Crippen molar-refractivity contribution in [2.24, 2.45) is 11.7 Å². The molecule has 0 bridgehead atoms. The number of carbonyl (C=O) groups excluding carboxylic acids is 1. The van der Waals surface area contributed by atoms with E-state index in [2.05, 4.69) is 15.6 Å². The van der Waals surface area contributed by atoms with Crippen molar-refractivity contribution in [2.45, 2.75) is 44.6 Å². The van der Waals surface area contributed by atoms with Crippen LogP contribution in [-0.4, -0.2) is 36.5 Å². The quantitative estimate of drug-likeness (QED) is 0.616. The van der Waals surface area contributed by atoms with Gasteiger partial charge in [-0.15, -0.1) is 0 Å². The summed E-state index contributed by atoms with van der Waals surface area (Å²) in [5, 5.41) is 5.77. The molecule has 7 nitrogen and oxygen atoms in total. The summed E-state index contributed by atoms with van der Waals surface area (Å²) in [5.74, 6) is -0.0758. The van der Waals surface area contributed by atoms with Crippen molar-refractivity contribution in [2.75, 3.05) is 13.7 Å².